The molecule has 104 valence electrons. The minimum absolute atomic E-state index is 0.0570. The molecule has 2 N–H and O–H groups in total. The summed E-state index contributed by atoms with van der Waals surface area (Å²) in [6.07, 6.45) is 0.863. The Morgan fingerprint density at radius 2 is 2.10 bits per heavy atom. The van der Waals surface area contributed by atoms with Crippen LogP contribution in [0, 0.1) is 5.82 Å². The molecule has 2 aromatic rings. The average molecular weight is 275 g/mol. The highest BCUT2D eigenvalue weighted by atomic mass is 19.1. The maximum atomic E-state index is 13.7. The van der Waals surface area contributed by atoms with Crippen LogP contribution in [0.5, 0.6) is 0 Å². The molecule has 0 saturated heterocycles. The first-order chi connectivity index (χ1) is 9.61. The normalized spacial score (nSPS) is 10.3. The van der Waals surface area contributed by atoms with Gasteiger partial charge in [0.1, 0.15) is 11.6 Å². The van der Waals surface area contributed by atoms with Crippen LogP contribution < -0.4 is 5.32 Å². The van der Waals surface area contributed by atoms with E-state index in [0.717, 1.165) is 6.42 Å². The summed E-state index contributed by atoms with van der Waals surface area (Å²) in [6.45, 7) is 2.62. The van der Waals surface area contributed by atoms with Crippen molar-refractivity contribution >= 4 is 11.8 Å². The summed E-state index contributed by atoms with van der Waals surface area (Å²) in [5.74, 6) is -1.24. The molecular formula is C14H14FN3O2. The first-order valence-electron chi connectivity index (χ1n) is 6.23. The molecule has 2 rings (SSSR count). The monoisotopic (exact) mass is 275 g/mol. The third kappa shape index (κ3) is 3.09. The molecule has 0 amide bonds. The van der Waals surface area contributed by atoms with Gasteiger partial charge in [-0.3, -0.25) is 0 Å². The van der Waals surface area contributed by atoms with Gasteiger partial charge in [-0.2, -0.15) is 0 Å². The van der Waals surface area contributed by atoms with Gasteiger partial charge in [0.2, 0.25) is 0 Å². The molecule has 5 nitrogen and oxygen atoms in total. The largest absolute Gasteiger partial charge is 0.477 e. The molecule has 20 heavy (non-hydrogen) atoms. The number of rotatable bonds is 5. The number of aromatic carboxylic acids is 1. The predicted octanol–water partition coefficient (Wildman–Crippen LogP) is 2.80. The molecule has 6 heteroatoms. The fourth-order valence-corrected chi connectivity index (χ4v) is 1.66. The molecule has 1 aromatic carbocycles. The fraction of sp³-hybridized carbons (Fsp3) is 0.214. The number of nitrogens with zero attached hydrogens (tertiary/aromatic N) is 2. The molecule has 0 atom stereocenters. The van der Waals surface area contributed by atoms with E-state index in [0.29, 0.717) is 12.4 Å². The van der Waals surface area contributed by atoms with Gasteiger partial charge in [-0.1, -0.05) is 19.1 Å². The Kier molecular flexibility index (Phi) is 4.24. The molecule has 0 fully saturated rings. The van der Waals surface area contributed by atoms with Crippen LogP contribution in [0.15, 0.2) is 30.3 Å². The highest BCUT2D eigenvalue weighted by molar-refractivity contribution is 5.87. The lowest BCUT2D eigenvalue weighted by atomic mass is 10.2. The standard InChI is InChI=1S/C14H14FN3O2/c1-2-7-16-12-8-11(14(19)20)17-13(18-12)9-5-3-4-6-10(9)15/h3-6,8H,2,7H2,1H3,(H,19,20)(H,16,17,18). The van der Waals surface area contributed by atoms with E-state index in [1.165, 1.54) is 18.2 Å². The minimum atomic E-state index is -1.18. The Bertz CT molecular complexity index is 632. The van der Waals surface area contributed by atoms with Crippen molar-refractivity contribution in [3.8, 4) is 11.4 Å². The van der Waals surface area contributed by atoms with Gasteiger partial charge in [-0.05, 0) is 18.6 Å². The van der Waals surface area contributed by atoms with Crippen molar-refractivity contribution in [2.24, 2.45) is 0 Å². The van der Waals surface area contributed by atoms with Crippen LogP contribution in [0.25, 0.3) is 11.4 Å². The summed E-state index contributed by atoms with van der Waals surface area (Å²) in [7, 11) is 0. The SMILES string of the molecule is CCCNc1cc(C(=O)O)nc(-c2ccccc2F)n1. The van der Waals surface area contributed by atoms with Gasteiger partial charge < -0.3 is 10.4 Å². The molecule has 0 spiro atoms. The second kappa shape index (κ2) is 6.10. The molecule has 1 aromatic heterocycles. The Hall–Kier alpha value is -2.50. The first kappa shape index (κ1) is 13.9. The molecule has 0 aliphatic rings. The van der Waals surface area contributed by atoms with Crippen LogP contribution in [0.4, 0.5) is 10.2 Å². The number of halogens is 1. The van der Waals surface area contributed by atoms with E-state index < -0.39 is 11.8 Å². The zero-order valence-electron chi connectivity index (χ0n) is 10.9. The molecule has 0 aliphatic carbocycles. The maximum absolute atomic E-state index is 13.7. The van der Waals surface area contributed by atoms with E-state index in [-0.39, 0.29) is 17.1 Å². The van der Waals surface area contributed by atoms with Crippen molar-refractivity contribution in [3.63, 3.8) is 0 Å². The Morgan fingerprint density at radius 1 is 1.35 bits per heavy atom. The van der Waals surface area contributed by atoms with E-state index in [4.69, 9.17) is 5.11 Å². The first-order valence-corrected chi connectivity index (χ1v) is 6.23. The van der Waals surface area contributed by atoms with Crippen molar-refractivity contribution in [1.82, 2.24) is 9.97 Å². The Labute approximate surface area is 115 Å². The van der Waals surface area contributed by atoms with Gasteiger partial charge in [-0.25, -0.2) is 19.2 Å². The van der Waals surface area contributed by atoms with E-state index in [9.17, 15) is 9.18 Å². The average Bonchev–Trinajstić information content (AvgIpc) is 2.45. The van der Waals surface area contributed by atoms with Gasteiger partial charge in [0, 0.05) is 12.6 Å². The zero-order valence-corrected chi connectivity index (χ0v) is 10.9. The number of anilines is 1. The third-order valence-electron chi connectivity index (χ3n) is 2.62. The van der Waals surface area contributed by atoms with Crippen molar-refractivity contribution in [2.75, 3.05) is 11.9 Å². The van der Waals surface area contributed by atoms with Gasteiger partial charge in [0.05, 0.1) is 5.56 Å². The summed E-state index contributed by atoms with van der Waals surface area (Å²) in [5.41, 5.74) is 0.00649. The lowest BCUT2D eigenvalue weighted by Crippen LogP contribution is -2.09. The van der Waals surface area contributed by atoms with Crippen LogP contribution in [0.2, 0.25) is 0 Å². The van der Waals surface area contributed by atoms with Gasteiger partial charge in [0.25, 0.3) is 0 Å². The van der Waals surface area contributed by atoms with E-state index in [2.05, 4.69) is 15.3 Å². The maximum Gasteiger partial charge on any atom is 0.354 e. The lowest BCUT2D eigenvalue weighted by molar-refractivity contribution is 0.0690. The highest BCUT2D eigenvalue weighted by Gasteiger charge is 2.14. The van der Waals surface area contributed by atoms with Crippen LogP contribution in [-0.4, -0.2) is 27.6 Å². The Balaban J connectivity index is 2.49. The van der Waals surface area contributed by atoms with Crippen LogP contribution in [0.1, 0.15) is 23.8 Å². The number of benzene rings is 1. The summed E-state index contributed by atoms with van der Waals surface area (Å²) in [6, 6.07) is 7.33. The van der Waals surface area contributed by atoms with Crippen LogP contribution in [0.3, 0.4) is 0 Å². The number of aromatic nitrogens is 2. The summed E-state index contributed by atoms with van der Waals surface area (Å²) < 4.78 is 13.7. The zero-order chi connectivity index (χ0) is 14.5. The number of carboxylic acids is 1. The van der Waals surface area contributed by atoms with Gasteiger partial charge in [-0.15, -0.1) is 0 Å². The fourth-order valence-electron chi connectivity index (χ4n) is 1.66. The summed E-state index contributed by atoms with van der Waals surface area (Å²) in [5, 5.41) is 12.0. The number of hydrogen-bond acceptors (Lipinski definition) is 4. The highest BCUT2D eigenvalue weighted by Crippen LogP contribution is 2.21. The third-order valence-corrected chi connectivity index (χ3v) is 2.62. The van der Waals surface area contributed by atoms with Gasteiger partial charge in [0.15, 0.2) is 11.5 Å². The van der Waals surface area contributed by atoms with Crippen molar-refractivity contribution in [3.05, 3.63) is 41.8 Å². The number of hydrogen-bond donors (Lipinski definition) is 2. The molecule has 1 heterocycles. The minimum Gasteiger partial charge on any atom is -0.477 e. The number of carboxylic acid groups (broad SMARTS) is 1. The van der Waals surface area contributed by atoms with Crippen LogP contribution in [-0.2, 0) is 0 Å². The second-order valence-corrected chi connectivity index (χ2v) is 4.17. The Morgan fingerprint density at radius 3 is 2.75 bits per heavy atom. The summed E-state index contributed by atoms with van der Waals surface area (Å²) >= 11 is 0. The predicted molar refractivity (Wildman–Crippen MR) is 73.2 cm³/mol. The molecular weight excluding hydrogens is 261 g/mol. The molecule has 0 saturated carbocycles. The van der Waals surface area contributed by atoms with Gasteiger partial charge >= 0.3 is 5.97 Å². The lowest BCUT2D eigenvalue weighted by Gasteiger charge is -2.08. The van der Waals surface area contributed by atoms with E-state index >= 15 is 0 Å². The topological polar surface area (TPSA) is 75.1 Å². The summed E-state index contributed by atoms with van der Waals surface area (Å²) in [4.78, 5) is 19.1. The molecule has 0 bridgehead atoms. The molecule has 0 radical (unpaired) electrons. The van der Waals surface area contributed by atoms with Crippen molar-refractivity contribution in [1.29, 1.82) is 0 Å². The smallest absolute Gasteiger partial charge is 0.354 e. The molecule has 0 unspecified atom stereocenters. The van der Waals surface area contributed by atoms with Crippen molar-refractivity contribution in [2.45, 2.75) is 13.3 Å². The van der Waals surface area contributed by atoms with E-state index in [1.54, 1.807) is 12.1 Å². The van der Waals surface area contributed by atoms with Crippen molar-refractivity contribution < 1.29 is 14.3 Å². The molecule has 0 aliphatic heterocycles. The quantitative estimate of drug-likeness (QED) is 0.877. The van der Waals surface area contributed by atoms with Crippen LogP contribution >= 0.6 is 0 Å². The number of nitrogens with one attached hydrogen (secondary N) is 1. The second-order valence-electron chi connectivity index (χ2n) is 4.17. The number of carbonyl (C=O) groups is 1. The van der Waals surface area contributed by atoms with E-state index in [1.807, 2.05) is 6.92 Å².